The van der Waals surface area contributed by atoms with Gasteiger partial charge < -0.3 is 19.0 Å². The fourth-order valence-corrected chi connectivity index (χ4v) is 4.93. The smallest absolute Gasteiger partial charge is 0.164 e. The second-order valence-electron chi connectivity index (χ2n) is 9.10. The van der Waals surface area contributed by atoms with Gasteiger partial charge in [-0.3, -0.25) is 14.8 Å². The minimum Gasteiger partial charge on any atom is -0.493 e. The molecule has 8 heteroatoms. The number of methoxy groups -OCH3 is 2. The van der Waals surface area contributed by atoms with Gasteiger partial charge in [0.2, 0.25) is 0 Å². The lowest BCUT2D eigenvalue weighted by Crippen LogP contribution is -2.50. The second-order valence-corrected chi connectivity index (χ2v) is 9.10. The van der Waals surface area contributed by atoms with Crippen molar-refractivity contribution in [2.24, 2.45) is 11.1 Å². The van der Waals surface area contributed by atoms with E-state index in [-0.39, 0.29) is 12.0 Å². The Labute approximate surface area is 200 Å². The minimum absolute atomic E-state index is 0.00462. The third kappa shape index (κ3) is 4.74. The number of fused-ring (bicyclic) bond motifs is 3. The maximum Gasteiger partial charge on any atom is 0.164 e. The van der Waals surface area contributed by atoms with Crippen LogP contribution in [0, 0.1) is 5.92 Å². The fraction of sp³-hybridized carbons (Fsp3) is 0.462. The molecule has 180 valence electrons. The van der Waals surface area contributed by atoms with Gasteiger partial charge >= 0.3 is 0 Å². The third-order valence-corrected chi connectivity index (χ3v) is 6.74. The number of oxime groups is 1. The Morgan fingerprint density at radius 1 is 1.12 bits per heavy atom. The maximum absolute atomic E-state index is 6.07. The summed E-state index contributed by atoms with van der Waals surface area (Å²) in [5.74, 6) is 2.20. The number of hydrogen-bond acceptors (Lipinski definition) is 8. The predicted octanol–water partition coefficient (Wildman–Crippen LogP) is 2.93. The number of benzene rings is 1. The molecule has 0 spiro atoms. The fourth-order valence-electron chi connectivity index (χ4n) is 4.93. The van der Waals surface area contributed by atoms with Crippen LogP contribution in [0.15, 0.2) is 47.4 Å². The van der Waals surface area contributed by atoms with Crippen molar-refractivity contribution in [3.8, 4) is 17.2 Å². The molecule has 34 heavy (non-hydrogen) atoms. The zero-order chi connectivity index (χ0) is 23.5. The first kappa shape index (κ1) is 22.7. The second kappa shape index (κ2) is 10.0. The summed E-state index contributed by atoms with van der Waals surface area (Å²) in [6.45, 7) is 8.70. The zero-order valence-electron chi connectivity index (χ0n) is 20.1. The van der Waals surface area contributed by atoms with Gasteiger partial charge in [0.1, 0.15) is 18.1 Å². The Morgan fingerprint density at radius 3 is 2.62 bits per heavy atom. The average molecular weight is 465 g/mol. The molecule has 2 atom stereocenters. The van der Waals surface area contributed by atoms with Crippen LogP contribution in [0.25, 0.3) is 6.08 Å². The molecule has 5 rings (SSSR count). The number of ether oxygens (including phenoxy) is 3. The highest BCUT2D eigenvalue weighted by Gasteiger charge is 2.41. The molecule has 8 nitrogen and oxygen atoms in total. The van der Waals surface area contributed by atoms with Crippen molar-refractivity contribution in [1.82, 2.24) is 14.8 Å². The van der Waals surface area contributed by atoms with Crippen molar-refractivity contribution in [3.63, 3.8) is 0 Å². The predicted molar refractivity (Wildman–Crippen MR) is 131 cm³/mol. The highest BCUT2D eigenvalue weighted by atomic mass is 16.6. The van der Waals surface area contributed by atoms with E-state index in [0.717, 1.165) is 61.9 Å². The van der Waals surface area contributed by atoms with Crippen molar-refractivity contribution >= 4 is 11.8 Å². The topological polar surface area (TPSA) is 68.7 Å². The van der Waals surface area contributed by atoms with Gasteiger partial charge in [-0.2, -0.15) is 0 Å². The van der Waals surface area contributed by atoms with Crippen molar-refractivity contribution in [2.45, 2.75) is 13.0 Å². The van der Waals surface area contributed by atoms with Crippen LogP contribution in [0.3, 0.4) is 0 Å². The number of rotatable bonds is 7. The van der Waals surface area contributed by atoms with E-state index in [1.54, 1.807) is 20.4 Å². The normalized spacial score (nSPS) is 22.8. The van der Waals surface area contributed by atoms with Gasteiger partial charge in [0, 0.05) is 63.3 Å². The van der Waals surface area contributed by atoms with Gasteiger partial charge in [-0.05, 0) is 24.6 Å². The van der Waals surface area contributed by atoms with Crippen LogP contribution in [-0.2, 0) is 4.84 Å². The van der Waals surface area contributed by atoms with Crippen LogP contribution in [0.1, 0.15) is 18.1 Å². The van der Waals surface area contributed by atoms with Crippen molar-refractivity contribution in [2.75, 3.05) is 60.1 Å². The number of aromatic nitrogens is 1. The van der Waals surface area contributed by atoms with E-state index in [1.165, 1.54) is 5.57 Å². The Kier molecular flexibility index (Phi) is 6.69. The summed E-state index contributed by atoms with van der Waals surface area (Å²) in [7, 11) is 3.26. The summed E-state index contributed by atoms with van der Waals surface area (Å²) in [6, 6.07) is 7.86. The number of hydrogen-bond donors (Lipinski definition) is 0. The Morgan fingerprint density at radius 2 is 1.88 bits per heavy atom. The lowest BCUT2D eigenvalue weighted by Gasteiger charge is -2.36. The van der Waals surface area contributed by atoms with E-state index in [0.29, 0.717) is 18.1 Å². The number of nitrogens with zero attached hydrogens (tertiary/aromatic N) is 4. The number of piperazine rings is 1. The first-order valence-corrected chi connectivity index (χ1v) is 11.8. The van der Waals surface area contributed by atoms with Crippen molar-refractivity contribution in [3.05, 3.63) is 53.4 Å². The standard InChI is InChI=1S/C26H32N4O4/c1-18(11-19-5-4-6-27-14-19)15-29-7-9-30(10-8-29)16-25-21-17-33-22-13-24(32-3)23(31-2)12-20(22)26(21)28-34-25/h4-6,11-14,21,25H,7-10,15-17H2,1-3H3/b18-11+/t21-,25-/m0/s1. The molecule has 0 radical (unpaired) electrons. The molecule has 1 aromatic carbocycles. The average Bonchev–Trinajstić information content (AvgIpc) is 3.28. The summed E-state index contributed by atoms with van der Waals surface area (Å²) >= 11 is 0. The SMILES string of the molecule is COc1cc2c(cc1OC)C1=NO[C@@H](CN3CCN(C/C(C)=C/c4cccnc4)CC3)[C@@H]1CO2. The third-order valence-electron chi connectivity index (χ3n) is 6.74. The van der Waals surface area contributed by atoms with Gasteiger partial charge in [-0.25, -0.2) is 0 Å². The van der Waals surface area contributed by atoms with Crippen LogP contribution >= 0.6 is 0 Å². The molecule has 2 aromatic rings. The molecule has 1 saturated heterocycles. The number of pyridine rings is 1. The van der Waals surface area contributed by atoms with Gasteiger partial charge in [0.25, 0.3) is 0 Å². The Bertz CT molecular complexity index is 1060. The first-order chi connectivity index (χ1) is 16.6. The maximum atomic E-state index is 6.07. The quantitative estimate of drug-likeness (QED) is 0.624. The van der Waals surface area contributed by atoms with Gasteiger partial charge in [-0.1, -0.05) is 22.9 Å². The highest BCUT2D eigenvalue weighted by Crippen LogP contribution is 2.40. The van der Waals surface area contributed by atoms with E-state index in [4.69, 9.17) is 19.0 Å². The van der Waals surface area contributed by atoms with Gasteiger partial charge in [0.15, 0.2) is 17.6 Å². The summed E-state index contributed by atoms with van der Waals surface area (Å²) in [4.78, 5) is 15.1. The molecule has 0 N–H and O–H groups in total. The molecule has 1 fully saturated rings. The molecule has 3 aliphatic heterocycles. The summed E-state index contributed by atoms with van der Waals surface area (Å²) in [5.41, 5.74) is 4.38. The molecule has 3 aliphatic rings. The van der Waals surface area contributed by atoms with Gasteiger partial charge in [-0.15, -0.1) is 0 Å². The minimum atomic E-state index is -0.00462. The van der Waals surface area contributed by atoms with Crippen molar-refractivity contribution in [1.29, 1.82) is 0 Å². The van der Waals surface area contributed by atoms with Crippen LogP contribution < -0.4 is 14.2 Å². The Balaban J connectivity index is 1.15. The summed E-state index contributed by atoms with van der Waals surface area (Å²) in [5, 5.41) is 4.46. The van der Waals surface area contributed by atoms with Gasteiger partial charge in [0.05, 0.1) is 20.1 Å². The lowest BCUT2D eigenvalue weighted by atomic mass is 9.90. The van der Waals surface area contributed by atoms with Crippen LogP contribution in [0.5, 0.6) is 17.2 Å². The largest absolute Gasteiger partial charge is 0.493 e. The first-order valence-electron chi connectivity index (χ1n) is 11.8. The van der Waals surface area contributed by atoms with E-state index in [1.807, 2.05) is 24.4 Å². The summed E-state index contributed by atoms with van der Waals surface area (Å²) < 4.78 is 17.0. The van der Waals surface area contributed by atoms with Crippen LogP contribution in [0.2, 0.25) is 0 Å². The molecule has 0 saturated carbocycles. The molecule has 0 amide bonds. The van der Waals surface area contributed by atoms with Crippen LogP contribution in [-0.4, -0.2) is 86.7 Å². The highest BCUT2D eigenvalue weighted by molar-refractivity contribution is 6.06. The molecule has 1 aromatic heterocycles. The molecule has 0 bridgehead atoms. The van der Waals surface area contributed by atoms with E-state index < -0.39 is 0 Å². The molecule has 0 unspecified atom stereocenters. The molecular weight excluding hydrogens is 432 g/mol. The molecule has 4 heterocycles. The zero-order valence-corrected chi connectivity index (χ0v) is 20.1. The van der Waals surface area contributed by atoms with Crippen molar-refractivity contribution < 1.29 is 19.0 Å². The lowest BCUT2D eigenvalue weighted by molar-refractivity contribution is 0.0101. The van der Waals surface area contributed by atoms with Crippen LogP contribution in [0.4, 0.5) is 0 Å². The molecular formula is C26H32N4O4. The monoisotopic (exact) mass is 464 g/mol. The van der Waals surface area contributed by atoms with E-state index in [9.17, 15) is 0 Å². The Hall–Kier alpha value is -3.10. The summed E-state index contributed by atoms with van der Waals surface area (Å²) in [6.07, 6.45) is 5.92. The van der Waals surface area contributed by atoms with E-state index in [2.05, 4.69) is 39.0 Å². The van der Waals surface area contributed by atoms with E-state index >= 15 is 0 Å². The molecule has 0 aliphatic carbocycles.